The number of Topliss-reactive ketones (excluding diaryl/α,β-unsaturated/α-hetero) is 1. The van der Waals surface area contributed by atoms with E-state index in [4.69, 9.17) is 5.11 Å². The van der Waals surface area contributed by atoms with Crippen LogP contribution in [0.3, 0.4) is 0 Å². The Balaban J connectivity index is 2.77. The van der Waals surface area contributed by atoms with E-state index in [1.54, 1.807) is 12.1 Å². The molecular weight excluding hydrogens is 242 g/mol. The van der Waals surface area contributed by atoms with E-state index >= 15 is 0 Å². The minimum atomic E-state index is -0.790. The number of benzene rings is 1. The van der Waals surface area contributed by atoms with Crippen molar-refractivity contribution in [1.82, 2.24) is 0 Å². The Hall–Kier alpha value is -1.84. The van der Waals surface area contributed by atoms with Crippen molar-refractivity contribution < 1.29 is 14.7 Å². The zero-order chi connectivity index (χ0) is 14.3. The fourth-order valence-corrected chi connectivity index (χ4v) is 1.86. The molecule has 1 rings (SSSR count). The summed E-state index contributed by atoms with van der Waals surface area (Å²) in [6.07, 6.45) is 2.21. The third-order valence-electron chi connectivity index (χ3n) is 3.02. The van der Waals surface area contributed by atoms with Gasteiger partial charge in [0.15, 0.2) is 5.78 Å². The molecule has 4 heteroatoms. The SMILES string of the molecule is CCCCN(CCC(=O)O)c1ccc(C(C)=O)cc1. The van der Waals surface area contributed by atoms with Crippen molar-refractivity contribution in [1.29, 1.82) is 0 Å². The monoisotopic (exact) mass is 263 g/mol. The number of unbranched alkanes of at least 4 members (excludes halogenated alkanes) is 1. The van der Waals surface area contributed by atoms with Crippen molar-refractivity contribution in [3.8, 4) is 0 Å². The first-order chi connectivity index (χ1) is 9.04. The maximum Gasteiger partial charge on any atom is 0.305 e. The first-order valence-corrected chi connectivity index (χ1v) is 6.62. The molecule has 0 heterocycles. The van der Waals surface area contributed by atoms with E-state index in [9.17, 15) is 9.59 Å². The third-order valence-corrected chi connectivity index (χ3v) is 3.02. The number of carbonyl (C=O) groups is 2. The highest BCUT2D eigenvalue weighted by atomic mass is 16.4. The van der Waals surface area contributed by atoms with Crippen molar-refractivity contribution in [2.75, 3.05) is 18.0 Å². The van der Waals surface area contributed by atoms with Crippen molar-refractivity contribution in [3.05, 3.63) is 29.8 Å². The number of hydrogen-bond donors (Lipinski definition) is 1. The molecule has 1 aromatic carbocycles. The highest BCUT2D eigenvalue weighted by Crippen LogP contribution is 2.17. The zero-order valence-electron chi connectivity index (χ0n) is 11.6. The summed E-state index contributed by atoms with van der Waals surface area (Å²) in [5, 5.41) is 8.78. The predicted octanol–water partition coefficient (Wildman–Crippen LogP) is 2.97. The number of hydrogen-bond acceptors (Lipinski definition) is 3. The molecule has 0 saturated carbocycles. The molecule has 1 aromatic rings. The standard InChI is InChI=1S/C15H21NO3/c1-3-4-10-16(11-9-15(18)19)14-7-5-13(6-8-14)12(2)17/h5-8H,3-4,9-11H2,1-2H3,(H,18,19). The second-order valence-corrected chi connectivity index (χ2v) is 4.59. The Labute approximate surface area is 114 Å². The molecular formula is C15H21NO3. The number of carbonyl (C=O) groups excluding carboxylic acids is 1. The van der Waals surface area contributed by atoms with Gasteiger partial charge in [-0.1, -0.05) is 13.3 Å². The number of carboxylic acids is 1. The van der Waals surface area contributed by atoms with E-state index in [2.05, 4.69) is 11.8 Å². The molecule has 0 aliphatic heterocycles. The van der Waals surface area contributed by atoms with Gasteiger partial charge in [-0.2, -0.15) is 0 Å². The number of aliphatic carboxylic acids is 1. The van der Waals surface area contributed by atoms with E-state index in [-0.39, 0.29) is 12.2 Å². The van der Waals surface area contributed by atoms with Crippen LogP contribution in [-0.2, 0) is 4.79 Å². The molecule has 0 fully saturated rings. The molecule has 4 nitrogen and oxygen atoms in total. The van der Waals surface area contributed by atoms with Crippen molar-refractivity contribution in [3.63, 3.8) is 0 Å². The summed E-state index contributed by atoms with van der Waals surface area (Å²) in [5.74, 6) is -0.751. The van der Waals surface area contributed by atoms with Gasteiger partial charge in [-0.15, -0.1) is 0 Å². The Morgan fingerprint density at radius 1 is 1.16 bits per heavy atom. The maximum absolute atomic E-state index is 11.2. The smallest absolute Gasteiger partial charge is 0.305 e. The van der Waals surface area contributed by atoms with Crippen molar-refractivity contribution in [2.24, 2.45) is 0 Å². The molecule has 0 aliphatic rings. The molecule has 0 aromatic heterocycles. The molecule has 0 amide bonds. The van der Waals surface area contributed by atoms with Crippen LogP contribution in [0.25, 0.3) is 0 Å². The van der Waals surface area contributed by atoms with Crippen LogP contribution in [0.1, 0.15) is 43.5 Å². The van der Waals surface area contributed by atoms with Gasteiger partial charge in [0.05, 0.1) is 6.42 Å². The molecule has 0 saturated heterocycles. The van der Waals surface area contributed by atoms with Crippen LogP contribution in [0.5, 0.6) is 0 Å². The van der Waals surface area contributed by atoms with E-state index < -0.39 is 5.97 Å². The van der Waals surface area contributed by atoms with E-state index in [1.165, 1.54) is 6.92 Å². The molecule has 104 valence electrons. The van der Waals surface area contributed by atoms with E-state index in [0.717, 1.165) is 25.1 Å². The Bertz CT molecular complexity index is 426. The zero-order valence-corrected chi connectivity index (χ0v) is 11.6. The summed E-state index contributed by atoms with van der Waals surface area (Å²) in [5.41, 5.74) is 1.65. The number of rotatable bonds is 8. The van der Waals surface area contributed by atoms with Gasteiger partial charge in [0.2, 0.25) is 0 Å². The molecule has 19 heavy (non-hydrogen) atoms. The van der Waals surface area contributed by atoms with Crippen LogP contribution in [0.2, 0.25) is 0 Å². The van der Waals surface area contributed by atoms with Crippen molar-refractivity contribution >= 4 is 17.4 Å². The summed E-state index contributed by atoms with van der Waals surface area (Å²) < 4.78 is 0. The highest BCUT2D eigenvalue weighted by molar-refractivity contribution is 5.94. The van der Waals surface area contributed by atoms with Gasteiger partial charge in [0, 0.05) is 24.3 Å². The minimum Gasteiger partial charge on any atom is -0.481 e. The first kappa shape index (κ1) is 15.2. The predicted molar refractivity (Wildman–Crippen MR) is 75.8 cm³/mol. The van der Waals surface area contributed by atoms with Crippen LogP contribution < -0.4 is 4.90 Å². The number of anilines is 1. The maximum atomic E-state index is 11.2. The lowest BCUT2D eigenvalue weighted by Gasteiger charge is -2.24. The first-order valence-electron chi connectivity index (χ1n) is 6.62. The van der Waals surface area contributed by atoms with Gasteiger partial charge in [0.25, 0.3) is 0 Å². The normalized spacial score (nSPS) is 10.2. The number of ketones is 1. The van der Waals surface area contributed by atoms with Gasteiger partial charge >= 0.3 is 5.97 Å². The average molecular weight is 263 g/mol. The summed E-state index contributed by atoms with van der Waals surface area (Å²) >= 11 is 0. The van der Waals surface area contributed by atoms with Gasteiger partial charge in [-0.3, -0.25) is 9.59 Å². The number of carboxylic acid groups (broad SMARTS) is 1. The fraction of sp³-hybridized carbons (Fsp3) is 0.467. The van der Waals surface area contributed by atoms with E-state index in [1.807, 2.05) is 12.1 Å². The average Bonchev–Trinajstić information content (AvgIpc) is 2.39. The molecule has 0 unspecified atom stereocenters. The second kappa shape index (κ2) is 7.56. The largest absolute Gasteiger partial charge is 0.481 e. The highest BCUT2D eigenvalue weighted by Gasteiger charge is 2.09. The lowest BCUT2D eigenvalue weighted by atomic mass is 10.1. The minimum absolute atomic E-state index is 0.0391. The summed E-state index contributed by atoms with van der Waals surface area (Å²) in [6.45, 7) is 4.97. The summed E-state index contributed by atoms with van der Waals surface area (Å²) in [7, 11) is 0. The van der Waals surface area contributed by atoms with Crippen LogP contribution in [-0.4, -0.2) is 29.9 Å². The molecule has 1 N–H and O–H groups in total. The van der Waals surface area contributed by atoms with Crippen LogP contribution >= 0.6 is 0 Å². The molecule has 0 radical (unpaired) electrons. The van der Waals surface area contributed by atoms with Crippen LogP contribution in [0, 0.1) is 0 Å². The fourth-order valence-electron chi connectivity index (χ4n) is 1.86. The quantitative estimate of drug-likeness (QED) is 0.732. The van der Waals surface area contributed by atoms with Crippen molar-refractivity contribution in [2.45, 2.75) is 33.1 Å². The second-order valence-electron chi connectivity index (χ2n) is 4.59. The van der Waals surface area contributed by atoms with Gasteiger partial charge in [-0.05, 0) is 37.6 Å². The molecule has 0 spiro atoms. The Morgan fingerprint density at radius 2 is 1.79 bits per heavy atom. The lowest BCUT2D eigenvalue weighted by Crippen LogP contribution is -2.27. The van der Waals surface area contributed by atoms with Gasteiger partial charge in [0.1, 0.15) is 0 Å². The molecule has 0 atom stereocenters. The molecule has 0 bridgehead atoms. The van der Waals surface area contributed by atoms with Gasteiger partial charge < -0.3 is 10.0 Å². The Kier molecular flexibility index (Phi) is 6.06. The third kappa shape index (κ3) is 5.12. The molecule has 0 aliphatic carbocycles. The topological polar surface area (TPSA) is 57.6 Å². The van der Waals surface area contributed by atoms with Crippen LogP contribution in [0.15, 0.2) is 24.3 Å². The van der Waals surface area contributed by atoms with Gasteiger partial charge in [-0.25, -0.2) is 0 Å². The summed E-state index contributed by atoms with van der Waals surface area (Å²) in [4.78, 5) is 24.0. The number of nitrogens with zero attached hydrogens (tertiary/aromatic N) is 1. The summed E-state index contributed by atoms with van der Waals surface area (Å²) in [6, 6.07) is 7.34. The lowest BCUT2D eigenvalue weighted by molar-refractivity contribution is -0.136. The van der Waals surface area contributed by atoms with Crippen LogP contribution in [0.4, 0.5) is 5.69 Å². The Morgan fingerprint density at radius 3 is 2.26 bits per heavy atom. The van der Waals surface area contributed by atoms with E-state index in [0.29, 0.717) is 12.1 Å².